The third-order valence-electron chi connectivity index (χ3n) is 2.48. The average Bonchev–Trinajstić information content (AvgIpc) is 2.16. The highest BCUT2D eigenvalue weighted by Gasteiger charge is 2.38. The predicted octanol–water partition coefficient (Wildman–Crippen LogP) is -0.218. The van der Waals surface area contributed by atoms with E-state index in [0.29, 0.717) is 0 Å². The van der Waals surface area contributed by atoms with Crippen molar-refractivity contribution in [2.75, 3.05) is 0 Å². The van der Waals surface area contributed by atoms with Gasteiger partial charge >= 0.3 is 5.97 Å². The minimum atomic E-state index is -1.32. The molecule has 1 aliphatic carbocycles. The van der Waals surface area contributed by atoms with Gasteiger partial charge in [-0.1, -0.05) is 12.2 Å². The number of carbonyl (C=O) groups is 3. The number of carbonyl (C=O) groups excluding carboxylic acids is 2. The van der Waals surface area contributed by atoms with Crippen molar-refractivity contribution in [3.05, 3.63) is 12.2 Å². The first-order valence-electron chi connectivity index (χ1n) is 4.57. The maximum Gasteiger partial charge on any atom is 0.309 e. The summed E-state index contributed by atoms with van der Waals surface area (Å²) in [6, 6.07) is 0. The van der Waals surface area contributed by atoms with Crippen LogP contribution in [0.1, 0.15) is 13.3 Å². The standard InChI is InChI=1S/C10H12O5/c1-5(11)8(12)6-3-2-4-7(9(6)13)10(14)15/h2-3,6-7,9,13H,4H2,1H3,(H,14,15). The maximum atomic E-state index is 11.3. The number of carboxylic acid groups (broad SMARTS) is 1. The summed E-state index contributed by atoms with van der Waals surface area (Å²) < 4.78 is 0. The van der Waals surface area contributed by atoms with Gasteiger partial charge in [0.05, 0.1) is 17.9 Å². The Morgan fingerprint density at radius 3 is 2.40 bits per heavy atom. The number of Topliss-reactive ketones (excluding diaryl/α,β-unsaturated/α-hetero) is 2. The highest BCUT2D eigenvalue weighted by molar-refractivity contribution is 6.37. The molecule has 1 aliphatic rings. The van der Waals surface area contributed by atoms with Crippen molar-refractivity contribution in [3.8, 4) is 0 Å². The Hall–Kier alpha value is -1.49. The molecule has 0 aromatic heterocycles. The lowest BCUT2D eigenvalue weighted by Gasteiger charge is -2.26. The number of aliphatic hydroxyl groups is 1. The van der Waals surface area contributed by atoms with Crippen LogP contribution in [-0.2, 0) is 14.4 Å². The fourth-order valence-electron chi connectivity index (χ4n) is 1.60. The van der Waals surface area contributed by atoms with Gasteiger partial charge in [0.1, 0.15) is 0 Å². The summed E-state index contributed by atoms with van der Waals surface area (Å²) in [6.45, 7) is 1.10. The number of aliphatic hydroxyl groups excluding tert-OH is 1. The minimum absolute atomic E-state index is 0.179. The molecule has 0 saturated heterocycles. The van der Waals surface area contributed by atoms with E-state index in [1.54, 1.807) is 0 Å². The molecule has 0 aliphatic heterocycles. The second kappa shape index (κ2) is 4.35. The number of hydrogen-bond acceptors (Lipinski definition) is 4. The van der Waals surface area contributed by atoms with E-state index in [4.69, 9.17) is 5.11 Å². The molecule has 0 radical (unpaired) electrons. The summed E-state index contributed by atoms with van der Waals surface area (Å²) in [6.07, 6.45) is 1.77. The van der Waals surface area contributed by atoms with Crippen molar-refractivity contribution in [2.45, 2.75) is 19.4 Å². The van der Waals surface area contributed by atoms with Crippen LogP contribution in [0, 0.1) is 11.8 Å². The molecule has 2 N–H and O–H groups in total. The summed E-state index contributed by atoms with van der Waals surface area (Å²) >= 11 is 0. The Labute approximate surface area is 86.4 Å². The van der Waals surface area contributed by atoms with E-state index in [0.717, 1.165) is 6.92 Å². The van der Waals surface area contributed by atoms with Crippen molar-refractivity contribution in [2.24, 2.45) is 11.8 Å². The summed E-state index contributed by atoms with van der Waals surface area (Å²) in [5.41, 5.74) is 0. The van der Waals surface area contributed by atoms with E-state index in [1.807, 2.05) is 0 Å². The second-order valence-electron chi connectivity index (χ2n) is 3.55. The monoisotopic (exact) mass is 212 g/mol. The lowest BCUT2D eigenvalue weighted by atomic mass is 9.80. The lowest BCUT2D eigenvalue weighted by molar-refractivity contribution is -0.149. The molecule has 0 aromatic carbocycles. The van der Waals surface area contributed by atoms with Crippen LogP contribution in [0.5, 0.6) is 0 Å². The summed E-state index contributed by atoms with van der Waals surface area (Å²) in [7, 11) is 0. The molecule has 0 saturated carbocycles. The van der Waals surface area contributed by atoms with E-state index in [-0.39, 0.29) is 6.42 Å². The van der Waals surface area contributed by atoms with Gasteiger partial charge < -0.3 is 10.2 Å². The van der Waals surface area contributed by atoms with E-state index in [9.17, 15) is 19.5 Å². The van der Waals surface area contributed by atoms with Crippen LogP contribution in [-0.4, -0.2) is 33.9 Å². The minimum Gasteiger partial charge on any atom is -0.481 e. The molecule has 0 amide bonds. The number of rotatable bonds is 3. The van der Waals surface area contributed by atoms with E-state index in [2.05, 4.69) is 0 Å². The van der Waals surface area contributed by atoms with Crippen LogP contribution in [0.15, 0.2) is 12.2 Å². The first kappa shape index (κ1) is 11.6. The van der Waals surface area contributed by atoms with Crippen molar-refractivity contribution < 1.29 is 24.6 Å². The number of hydrogen-bond donors (Lipinski definition) is 2. The molecule has 1 rings (SSSR count). The zero-order chi connectivity index (χ0) is 11.6. The topological polar surface area (TPSA) is 91.7 Å². The number of allylic oxidation sites excluding steroid dienone is 1. The molecule has 3 atom stereocenters. The Morgan fingerprint density at radius 1 is 1.33 bits per heavy atom. The van der Waals surface area contributed by atoms with Crippen LogP contribution in [0.4, 0.5) is 0 Å². The van der Waals surface area contributed by atoms with Crippen LogP contribution >= 0.6 is 0 Å². The Balaban J connectivity index is 2.88. The highest BCUT2D eigenvalue weighted by Crippen LogP contribution is 2.25. The SMILES string of the molecule is CC(=O)C(=O)C1C=CCC(C(=O)O)C1O. The van der Waals surface area contributed by atoms with Crippen molar-refractivity contribution in [3.63, 3.8) is 0 Å². The number of carboxylic acids is 1. The summed E-state index contributed by atoms with van der Waals surface area (Å²) in [5, 5.41) is 18.4. The molecular formula is C10H12O5. The van der Waals surface area contributed by atoms with Gasteiger partial charge in [-0.3, -0.25) is 14.4 Å². The second-order valence-corrected chi connectivity index (χ2v) is 3.55. The molecule has 5 nitrogen and oxygen atoms in total. The largest absolute Gasteiger partial charge is 0.481 e. The van der Waals surface area contributed by atoms with Crippen LogP contribution < -0.4 is 0 Å². The zero-order valence-electron chi connectivity index (χ0n) is 8.21. The average molecular weight is 212 g/mol. The maximum absolute atomic E-state index is 11.3. The van der Waals surface area contributed by atoms with Gasteiger partial charge in [0.15, 0.2) is 5.78 Å². The van der Waals surface area contributed by atoms with Gasteiger partial charge in [0, 0.05) is 6.92 Å². The van der Waals surface area contributed by atoms with E-state index < -0.39 is 35.5 Å². The quantitative estimate of drug-likeness (QED) is 0.498. The van der Waals surface area contributed by atoms with Crippen molar-refractivity contribution >= 4 is 17.5 Å². The molecule has 15 heavy (non-hydrogen) atoms. The van der Waals surface area contributed by atoms with Crippen molar-refractivity contribution in [1.82, 2.24) is 0 Å². The fraction of sp³-hybridized carbons (Fsp3) is 0.500. The molecule has 0 fully saturated rings. The van der Waals surface area contributed by atoms with Crippen molar-refractivity contribution in [1.29, 1.82) is 0 Å². The first-order chi connectivity index (χ1) is 6.95. The molecule has 0 spiro atoms. The lowest BCUT2D eigenvalue weighted by Crippen LogP contribution is -2.41. The highest BCUT2D eigenvalue weighted by atomic mass is 16.4. The van der Waals surface area contributed by atoms with Gasteiger partial charge in [-0.05, 0) is 6.42 Å². The normalized spacial score (nSPS) is 29.9. The van der Waals surface area contributed by atoms with Gasteiger partial charge in [-0.2, -0.15) is 0 Å². The van der Waals surface area contributed by atoms with Crippen LogP contribution in [0.25, 0.3) is 0 Å². The third kappa shape index (κ3) is 2.30. The van der Waals surface area contributed by atoms with Gasteiger partial charge in [0.25, 0.3) is 0 Å². The smallest absolute Gasteiger partial charge is 0.309 e. The number of aliphatic carboxylic acids is 1. The molecule has 0 heterocycles. The van der Waals surface area contributed by atoms with E-state index >= 15 is 0 Å². The fourth-order valence-corrected chi connectivity index (χ4v) is 1.60. The summed E-state index contributed by atoms with van der Waals surface area (Å²) in [4.78, 5) is 32.9. The Bertz CT molecular complexity index is 331. The third-order valence-corrected chi connectivity index (χ3v) is 2.48. The first-order valence-corrected chi connectivity index (χ1v) is 4.57. The number of ketones is 2. The van der Waals surface area contributed by atoms with Gasteiger partial charge in [-0.15, -0.1) is 0 Å². The Morgan fingerprint density at radius 2 is 1.93 bits per heavy atom. The molecule has 82 valence electrons. The van der Waals surface area contributed by atoms with Gasteiger partial charge in [0.2, 0.25) is 5.78 Å². The predicted molar refractivity (Wildman–Crippen MR) is 50.1 cm³/mol. The molecule has 0 aromatic rings. The molecular weight excluding hydrogens is 200 g/mol. The zero-order valence-corrected chi connectivity index (χ0v) is 8.21. The Kier molecular flexibility index (Phi) is 3.36. The molecule has 5 heteroatoms. The van der Waals surface area contributed by atoms with Crippen LogP contribution in [0.3, 0.4) is 0 Å². The summed E-state index contributed by atoms with van der Waals surface area (Å²) in [5.74, 6) is -4.60. The van der Waals surface area contributed by atoms with E-state index in [1.165, 1.54) is 12.2 Å². The van der Waals surface area contributed by atoms with Crippen LogP contribution in [0.2, 0.25) is 0 Å². The molecule has 0 bridgehead atoms. The van der Waals surface area contributed by atoms with Gasteiger partial charge in [-0.25, -0.2) is 0 Å². The molecule has 3 unspecified atom stereocenters.